The first-order chi connectivity index (χ1) is 8.47. The second-order valence-electron chi connectivity index (χ2n) is 5.44. The quantitative estimate of drug-likeness (QED) is 0.791. The summed E-state index contributed by atoms with van der Waals surface area (Å²) in [6.07, 6.45) is 4.15. The number of carbonyl (C=O) groups excluding carboxylic acids is 1. The molecule has 0 aromatic heterocycles. The van der Waals surface area contributed by atoms with Crippen LogP contribution in [0.4, 0.5) is 0 Å². The van der Waals surface area contributed by atoms with Gasteiger partial charge in [0.2, 0.25) is 5.91 Å². The van der Waals surface area contributed by atoms with Gasteiger partial charge in [-0.15, -0.1) is 0 Å². The maximum absolute atomic E-state index is 12.3. The first-order valence-electron chi connectivity index (χ1n) is 6.65. The van der Waals surface area contributed by atoms with E-state index in [0.717, 1.165) is 19.3 Å². The van der Waals surface area contributed by atoms with Gasteiger partial charge in [-0.1, -0.05) is 6.42 Å². The summed E-state index contributed by atoms with van der Waals surface area (Å²) in [5.74, 6) is 0.362. The van der Waals surface area contributed by atoms with Gasteiger partial charge in [0.05, 0.1) is 5.75 Å². The summed E-state index contributed by atoms with van der Waals surface area (Å²) in [7, 11) is -1.55. The number of carbonyl (C=O) groups is 1. The number of likely N-dealkylation sites (N-methyl/N-ethyl adjacent to an activating group) is 1. The predicted octanol–water partition coefficient (Wildman–Crippen LogP) is 0.149. The molecule has 6 heteroatoms. The van der Waals surface area contributed by atoms with Crippen LogP contribution < -0.4 is 5.73 Å². The lowest BCUT2D eigenvalue weighted by atomic mass is 10.1. The Morgan fingerprint density at radius 3 is 2.50 bits per heavy atom. The molecule has 104 valence electrons. The van der Waals surface area contributed by atoms with Crippen LogP contribution in [0.15, 0.2) is 0 Å². The van der Waals surface area contributed by atoms with Crippen LogP contribution in [-0.4, -0.2) is 49.9 Å². The molecule has 2 rings (SSSR count). The fourth-order valence-electron chi connectivity index (χ4n) is 2.77. The van der Waals surface area contributed by atoms with Gasteiger partial charge in [0.15, 0.2) is 9.84 Å². The van der Waals surface area contributed by atoms with Crippen LogP contribution in [0, 0.1) is 5.92 Å². The molecule has 1 saturated heterocycles. The van der Waals surface area contributed by atoms with E-state index in [1.165, 1.54) is 0 Å². The molecule has 2 atom stereocenters. The molecular weight excluding hydrogens is 252 g/mol. The first kappa shape index (κ1) is 13.8. The number of hydrogen-bond donors (Lipinski definition) is 1. The molecule has 0 bridgehead atoms. The lowest BCUT2D eigenvalue weighted by molar-refractivity contribution is -0.132. The Morgan fingerprint density at radius 1 is 1.33 bits per heavy atom. The van der Waals surface area contributed by atoms with Crippen LogP contribution in [-0.2, 0) is 14.6 Å². The first-order valence-corrected chi connectivity index (χ1v) is 8.37. The number of rotatable bonds is 4. The minimum Gasteiger partial charge on any atom is -0.340 e. The fraction of sp³-hybridized carbons (Fsp3) is 0.917. The predicted molar refractivity (Wildman–Crippen MR) is 69.8 cm³/mol. The SMILES string of the molecule is CN(C(=O)C1CCCCS1(=O)=O)C(CN)C1CC1. The standard InChI is InChI=1S/C12H22N2O3S/c1-14(10(8-13)9-5-6-9)12(15)11-4-2-3-7-18(11,16)17/h9-11H,2-8,13H2,1H3. The lowest BCUT2D eigenvalue weighted by Crippen LogP contribution is -2.50. The van der Waals surface area contributed by atoms with Crippen LogP contribution in [0.25, 0.3) is 0 Å². The van der Waals surface area contributed by atoms with Crippen LogP contribution in [0.5, 0.6) is 0 Å². The molecular formula is C12H22N2O3S. The number of nitrogens with two attached hydrogens (primary N) is 1. The summed E-state index contributed by atoms with van der Waals surface area (Å²) >= 11 is 0. The van der Waals surface area contributed by atoms with Gasteiger partial charge >= 0.3 is 0 Å². The van der Waals surface area contributed by atoms with E-state index in [-0.39, 0.29) is 17.7 Å². The molecule has 2 unspecified atom stereocenters. The van der Waals surface area contributed by atoms with E-state index >= 15 is 0 Å². The van der Waals surface area contributed by atoms with Crippen molar-refractivity contribution in [3.05, 3.63) is 0 Å². The number of amides is 1. The van der Waals surface area contributed by atoms with Crippen molar-refractivity contribution in [1.29, 1.82) is 0 Å². The van der Waals surface area contributed by atoms with Gasteiger partial charge in [-0.25, -0.2) is 8.42 Å². The maximum atomic E-state index is 12.3. The molecule has 18 heavy (non-hydrogen) atoms. The van der Waals surface area contributed by atoms with Crippen molar-refractivity contribution in [2.75, 3.05) is 19.3 Å². The van der Waals surface area contributed by atoms with Gasteiger partial charge in [0.25, 0.3) is 0 Å². The summed E-state index contributed by atoms with van der Waals surface area (Å²) in [5, 5.41) is -0.830. The minimum absolute atomic E-state index is 0.00891. The monoisotopic (exact) mass is 274 g/mol. The average molecular weight is 274 g/mol. The Bertz CT molecular complexity index is 417. The van der Waals surface area contributed by atoms with E-state index in [9.17, 15) is 13.2 Å². The molecule has 2 fully saturated rings. The third-order valence-electron chi connectivity index (χ3n) is 4.11. The molecule has 1 aliphatic carbocycles. The summed E-state index contributed by atoms with van der Waals surface area (Å²) in [6.45, 7) is 0.416. The van der Waals surface area contributed by atoms with Crippen molar-refractivity contribution in [3.8, 4) is 0 Å². The van der Waals surface area contributed by atoms with E-state index < -0.39 is 15.1 Å². The van der Waals surface area contributed by atoms with Gasteiger partial charge in [-0.2, -0.15) is 0 Å². The van der Waals surface area contributed by atoms with Crippen molar-refractivity contribution in [2.24, 2.45) is 11.7 Å². The number of hydrogen-bond acceptors (Lipinski definition) is 4. The molecule has 0 aromatic rings. The van der Waals surface area contributed by atoms with Crippen LogP contribution in [0.2, 0.25) is 0 Å². The normalized spacial score (nSPS) is 28.7. The van der Waals surface area contributed by atoms with Crippen molar-refractivity contribution < 1.29 is 13.2 Å². The molecule has 1 heterocycles. The molecule has 0 spiro atoms. The van der Waals surface area contributed by atoms with E-state index in [1.54, 1.807) is 11.9 Å². The highest BCUT2D eigenvalue weighted by atomic mass is 32.2. The zero-order chi connectivity index (χ0) is 13.3. The Morgan fingerprint density at radius 2 is 2.00 bits per heavy atom. The Hall–Kier alpha value is -0.620. The highest BCUT2D eigenvalue weighted by molar-refractivity contribution is 7.92. The molecule has 2 aliphatic rings. The summed E-state index contributed by atoms with van der Waals surface area (Å²) < 4.78 is 23.9. The van der Waals surface area contributed by atoms with Gasteiger partial charge < -0.3 is 10.6 Å². The second-order valence-corrected chi connectivity index (χ2v) is 7.74. The molecule has 5 nitrogen and oxygen atoms in total. The second kappa shape index (κ2) is 5.17. The van der Waals surface area contributed by atoms with Crippen LogP contribution >= 0.6 is 0 Å². The van der Waals surface area contributed by atoms with Gasteiger partial charge in [0.1, 0.15) is 5.25 Å². The van der Waals surface area contributed by atoms with Crippen LogP contribution in [0.1, 0.15) is 32.1 Å². The Kier molecular flexibility index (Phi) is 3.96. The molecule has 1 aliphatic heterocycles. The topological polar surface area (TPSA) is 80.5 Å². The van der Waals surface area contributed by atoms with Crippen molar-refractivity contribution in [3.63, 3.8) is 0 Å². The minimum atomic E-state index is -3.25. The molecule has 1 amide bonds. The smallest absolute Gasteiger partial charge is 0.240 e. The number of sulfone groups is 1. The molecule has 1 saturated carbocycles. The lowest BCUT2D eigenvalue weighted by Gasteiger charge is -2.32. The summed E-state index contributed by atoms with van der Waals surface area (Å²) in [5.41, 5.74) is 5.71. The highest BCUT2D eigenvalue weighted by Gasteiger charge is 2.41. The average Bonchev–Trinajstić information content (AvgIpc) is 3.13. The molecule has 0 aromatic carbocycles. The Balaban J connectivity index is 2.09. The van der Waals surface area contributed by atoms with E-state index in [0.29, 0.717) is 25.3 Å². The summed E-state index contributed by atoms with van der Waals surface area (Å²) in [6, 6.07) is 0.00891. The van der Waals surface area contributed by atoms with Crippen molar-refractivity contribution in [2.45, 2.75) is 43.4 Å². The number of nitrogens with zero attached hydrogens (tertiary/aromatic N) is 1. The third kappa shape index (κ3) is 2.69. The maximum Gasteiger partial charge on any atom is 0.240 e. The largest absolute Gasteiger partial charge is 0.340 e. The van der Waals surface area contributed by atoms with Gasteiger partial charge in [-0.3, -0.25) is 4.79 Å². The van der Waals surface area contributed by atoms with Gasteiger partial charge in [0, 0.05) is 19.6 Å². The fourth-order valence-corrected chi connectivity index (χ4v) is 4.66. The van der Waals surface area contributed by atoms with E-state index in [1.807, 2.05) is 0 Å². The van der Waals surface area contributed by atoms with Crippen LogP contribution in [0.3, 0.4) is 0 Å². The highest BCUT2D eigenvalue weighted by Crippen LogP contribution is 2.35. The Labute approximate surface area is 109 Å². The van der Waals surface area contributed by atoms with Crippen molar-refractivity contribution in [1.82, 2.24) is 4.90 Å². The molecule has 2 N–H and O–H groups in total. The van der Waals surface area contributed by atoms with E-state index in [4.69, 9.17) is 5.73 Å². The van der Waals surface area contributed by atoms with E-state index in [2.05, 4.69) is 0 Å². The molecule has 0 radical (unpaired) electrons. The summed E-state index contributed by atoms with van der Waals surface area (Å²) in [4.78, 5) is 13.9. The van der Waals surface area contributed by atoms with Gasteiger partial charge in [-0.05, 0) is 31.6 Å². The zero-order valence-electron chi connectivity index (χ0n) is 10.8. The van der Waals surface area contributed by atoms with Crippen molar-refractivity contribution >= 4 is 15.7 Å². The zero-order valence-corrected chi connectivity index (χ0v) is 11.7. The third-order valence-corrected chi connectivity index (χ3v) is 6.27.